The van der Waals surface area contributed by atoms with Gasteiger partial charge in [-0.25, -0.2) is 0 Å². The largest absolute Gasteiger partial charge is 0.490 e. The molecule has 0 saturated carbocycles. The second-order valence-electron chi connectivity index (χ2n) is 5.95. The van der Waals surface area contributed by atoms with Crippen LogP contribution < -0.4 is 4.74 Å². The van der Waals surface area contributed by atoms with Crippen LogP contribution in [0.3, 0.4) is 0 Å². The molecule has 3 heteroatoms. The number of pyridine rings is 1. The molecule has 2 heterocycles. The van der Waals surface area contributed by atoms with Gasteiger partial charge in [0, 0.05) is 32.0 Å². The summed E-state index contributed by atoms with van der Waals surface area (Å²) in [7, 11) is 0. The number of benzene rings is 1. The molecule has 2 aromatic rings. The maximum atomic E-state index is 6.12. The summed E-state index contributed by atoms with van der Waals surface area (Å²) in [6.45, 7) is 5.38. The zero-order valence-corrected chi connectivity index (χ0v) is 13.2. The van der Waals surface area contributed by atoms with E-state index in [4.69, 9.17) is 4.74 Å². The van der Waals surface area contributed by atoms with Crippen molar-refractivity contribution in [3.63, 3.8) is 0 Å². The molecule has 1 saturated heterocycles. The first-order valence-electron chi connectivity index (χ1n) is 8.20. The standard InChI is InChI=1S/C19H24N2O/c1-2-16-3-5-18(6-4-16)22-19-9-13-21(14-10-19)15-17-7-11-20-12-8-17/h3-8,11-12,19H,2,9-10,13-15H2,1H3. The Kier molecular flexibility index (Phi) is 5.07. The first-order valence-corrected chi connectivity index (χ1v) is 8.20. The van der Waals surface area contributed by atoms with Crippen LogP contribution in [0.4, 0.5) is 0 Å². The lowest BCUT2D eigenvalue weighted by Gasteiger charge is -2.32. The van der Waals surface area contributed by atoms with Gasteiger partial charge < -0.3 is 4.74 Å². The van der Waals surface area contributed by atoms with Gasteiger partial charge in [0.2, 0.25) is 0 Å². The fraction of sp³-hybridized carbons (Fsp3) is 0.421. The van der Waals surface area contributed by atoms with Gasteiger partial charge in [-0.2, -0.15) is 0 Å². The van der Waals surface area contributed by atoms with Crippen molar-refractivity contribution < 1.29 is 4.74 Å². The van der Waals surface area contributed by atoms with Crippen LogP contribution in [0.5, 0.6) is 5.75 Å². The molecule has 116 valence electrons. The SMILES string of the molecule is CCc1ccc(OC2CCN(Cc3ccncc3)CC2)cc1. The van der Waals surface area contributed by atoms with Crippen molar-refractivity contribution in [3.8, 4) is 5.75 Å². The summed E-state index contributed by atoms with van der Waals surface area (Å²) in [4.78, 5) is 6.57. The summed E-state index contributed by atoms with van der Waals surface area (Å²) in [5.41, 5.74) is 2.70. The van der Waals surface area contributed by atoms with Gasteiger partial charge in [0.1, 0.15) is 11.9 Å². The molecule has 3 nitrogen and oxygen atoms in total. The van der Waals surface area contributed by atoms with Gasteiger partial charge in [-0.1, -0.05) is 19.1 Å². The summed E-state index contributed by atoms with van der Waals surface area (Å²) < 4.78 is 6.12. The summed E-state index contributed by atoms with van der Waals surface area (Å²) in [6.07, 6.45) is 7.35. The van der Waals surface area contributed by atoms with E-state index in [9.17, 15) is 0 Å². The Balaban J connectivity index is 1.47. The summed E-state index contributed by atoms with van der Waals surface area (Å²) in [6, 6.07) is 12.7. The predicted molar refractivity (Wildman–Crippen MR) is 89.0 cm³/mol. The predicted octanol–water partition coefficient (Wildman–Crippen LogP) is 3.69. The smallest absolute Gasteiger partial charge is 0.119 e. The van der Waals surface area contributed by atoms with Crippen molar-refractivity contribution in [1.29, 1.82) is 0 Å². The Morgan fingerprint density at radius 2 is 1.68 bits per heavy atom. The van der Waals surface area contributed by atoms with E-state index in [1.807, 2.05) is 12.4 Å². The molecule has 0 aliphatic carbocycles. The molecule has 1 aromatic heterocycles. The minimum absolute atomic E-state index is 0.348. The minimum atomic E-state index is 0.348. The average Bonchev–Trinajstić information content (AvgIpc) is 2.58. The van der Waals surface area contributed by atoms with Crippen LogP contribution in [0.1, 0.15) is 30.9 Å². The van der Waals surface area contributed by atoms with Crippen molar-refractivity contribution in [2.75, 3.05) is 13.1 Å². The number of rotatable bonds is 5. The quantitative estimate of drug-likeness (QED) is 0.841. The van der Waals surface area contributed by atoms with Gasteiger partial charge in [-0.3, -0.25) is 9.88 Å². The van der Waals surface area contributed by atoms with Gasteiger partial charge >= 0.3 is 0 Å². The monoisotopic (exact) mass is 296 g/mol. The number of hydrogen-bond donors (Lipinski definition) is 0. The topological polar surface area (TPSA) is 25.4 Å². The molecule has 0 atom stereocenters. The number of aromatic nitrogens is 1. The fourth-order valence-electron chi connectivity index (χ4n) is 2.93. The molecule has 1 aliphatic rings. The molecule has 1 aliphatic heterocycles. The van der Waals surface area contributed by atoms with Crippen LogP contribution in [0, 0.1) is 0 Å². The number of nitrogens with zero attached hydrogens (tertiary/aromatic N) is 2. The van der Waals surface area contributed by atoms with Crippen molar-refractivity contribution in [2.45, 2.75) is 38.8 Å². The molecule has 0 spiro atoms. The normalized spacial score (nSPS) is 16.6. The molecule has 0 N–H and O–H groups in total. The Morgan fingerprint density at radius 1 is 1.00 bits per heavy atom. The molecule has 1 aromatic carbocycles. The Bertz CT molecular complexity index is 560. The molecule has 0 bridgehead atoms. The van der Waals surface area contributed by atoms with Crippen LogP contribution in [-0.4, -0.2) is 29.1 Å². The maximum absolute atomic E-state index is 6.12. The second-order valence-corrected chi connectivity index (χ2v) is 5.95. The van der Waals surface area contributed by atoms with E-state index in [2.05, 4.69) is 53.2 Å². The highest BCUT2D eigenvalue weighted by Gasteiger charge is 2.20. The minimum Gasteiger partial charge on any atom is -0.490 e. The van der Waals surface area contributed by atoms with E-state index in [1.165, 1.54) is 11.1 Å². The van der Waals surface area contributed by atoms with E-state index in [-0.39, 0.29) is 0 Å². The number of likely N-dealkylation sites (tertiary alicyclic amines) is 1. The molecular weight excluding hydrogens is 272 g/mol. The van der Waals surface area contributed by atoms with E-state index < -0.39 is 0 Å². The van der Waals surface area contributed by atoms with Gasteiger partial charge in [-0.15, -0.1) is 0 Å². The lowest BCUT2D eigenvalue weighted by atomic mass is 10.1. The molecular formula is C19H24N2O. The van der Waals surface area contributed by atoms with E-state index >= 15 is 0 Å². The number of piperidine rings is 1. The van der Waals surface area contributed by atoms with Crippen molar-refractivity contribution in [3.05, 3.63) is 59.9 Å². The van der Waals surface area contributed by atoms with Crippen LogP contribution in [-0.2, 0) is 13.0 Å². The summed E-state index contributed by atoms with van der Waals surface area (Å²) >= 11 is 0. The lowest BCUT2D eigenvalue weighted by molar-refractivity contribution is 0.0968. The van der Waals surface area contributed by atoms with Crippen molar-refractivity contribution >= 4 is 0 Å². The maximum Gasteiger partial charge on any atom is 0.119 e. The summed E-state index contributed by atoms with van der Waals surface area (Å²) in [5.74, 6) is 1.00. The van der Waals surface area contributed by atoms with Crippen LogP contribution in [0.2, 0.25) is 0 Å². The third kappa shape index (κ3) is 4.08. The third-order valence-corrected chi connectivity index (χ3v) is 4.32. The molecule has 0 unspecified atom stereocenters. The fourth-order valence-corrected chi connectivity index (χ4v) is 2.93. The van der Waals surface area contributed by atoms with Crippen molar-refractivity contribution in [1.82, 2.24) is 9.88 Å². The molecule has 3 rings (SSSR count). The molecule has 0 radical (unpaired) electrons. The first kappa shape index (κ1) is 15.0. The number of ether oxygens (including phenoxy) is 1. The highest BCUT2D eigenvalue weighted by molar-refractivity contribution is 5.27. The highest BCUT2D eigenvalue weighted by atomic mass is 16.5. The van der Waals surface area contributed by atoms with Gasteiger partial charge in [-0.05, 0) is 54.7 Å². The average molecular weight is 296 g/mol. The first-order chi connectivity index (χ1) is 10.8. The zero-order valence-electron chi connectivity index (χ0n) is 13.2. The van der Waals surface area contributed by atoms with Crippen LogP contribution in [0.25, 0.3) is 0 Å². The third-order valence-electron chi connectivity index (χ3n) is 4.32. The van der Waals surface area contributed by atoms with Crippen LogP contribution >= 0.6 is 0 Å². The lowest BCUT2D eigenvalue weighted by Crippen LogP contribution is -2.37. The Labute approximate surface area is 132 Å². The number of hydrogen-bond acceptors (Lipinski definition) is 3. The zero-order chi connectivity index (χ0) is 15.2. The Morgan fingerprint density at radius 3 is 2.32 bits per heavy atom. The second kappa shape index (κ2) is 7.41. The van der Waals surface area contributed by atoms with Gasteiger partial charge in [0.05, 0.1) is 0 Å². The van der Waals surface area contributed by atoms with E-state index in [0.29, 0.717) is 6.10 Å². The molecule has 22 heavy (non-hydrogen) atoms. The number of aryl methyl sites for hydroxylation is 1. The highest BCUT2D eigenvalue weighted by Crippen LogP contribution is 2.20. The van der Waals surface area contributed by atoms with Crippen LogP contribution in [0.15, 0.2) is 48.8 Å². The van der Waals surface area contributed by atoms with E-state index in [0.717, 1.165) is 44.6 Å². The van der Waals surface area contributed by atoms with Gasteiger partial charge in [0.25, 0.3) is 0 Å². The van der Waals surface area contributed by atoms with Gasteiger partial charge in [0.15, 0.2) is 0 Å². The van der Waals surface area contributed by atoms with E-state index in [1.54, 1.807) is 0 Å². The molecule has 1 fully saturated rings. The summed E-state index contributed by atoms with van der Waals surface area (Å²) in [5, 5.41) is 0. The Hall–Kier alpha value is -1.87. The van der Waals surface area contributed by atoms with Crippen molar-refractivity contribution in [2.24, 2.45) is 0 Å². The molecule has 0 amide bonds.